The van der Waals surface area contributed by atoms with Gasteiger partial charge in [-0.1, -0.05) is 0 Å². The molecule has 2 unspecified atom stereocenters. The number of aryl methyl sites for hydroxylation is 2. The molecule has 0 aliphatic heterocycles. The molecule has 2 aromatic rings. The summed E-state index contributed by atoms with van der Waals surface area (Å²) in [5.74, 6) is 1.16. The number of halogens is 1. The molecule has 2 rings (SSSR count). The maximum atomic E-state index is 11.6. The van der Waals surface area contributed by atoms with E-state index < -0.39 is 10.8 Å². The zero-order chi connectivity index (χ0) is 14.2. The largest absolute Gasteiger partial charge is 0.311 e. The molecule has 0 bridgehead atoms. The lowest BCUT2D eigenvalue weighted by Gasteiger charge is -2.13. The first-order chi connectivity index (χ1) is 8.99. The van der Waals surface area contributed by atoms with Crippen molar-refractivity contribution in [2.75, 3.05) is 6.26 Å². The van der Waals surface area contributed by atoms with Crippen molar-refractivity contribution in [3.63, 3.8) is 0 Å². The number of nitrogens with zero attached hydrogens (tertiary/aromatic N) is 4. The minimum Gasteiger partial charge on any atom is -0.311 e. The first-order valence-corrected chi connectivity index (χ1v) is 8.45. The molecule has 0 saturated heterocycles. The van der Waals surface area contributed by atoms with Gasteiger partial charge in [-0.2, -0.15) is 5.10 Å². The summed E-state index contributed by atoms with van der Waals surface area (Å²) in [7, 11) is -0.871. The Labute approximate surface area is 120 Å². The fourth-order valence-electron chi connectivity index (χ4n) is 2.15. The summed E-state index contributed by atoms with van der Waals surface area (Å²) in [6.45, 7) is 7.39. The van der Waals surface area contributed by atoms with Gasteiger partial charge in [-0.3, -0.25) is 4.21 Å². The van der Waals surface area contributed by atoms with E-state index in [0.29, 0.717) is 12.4 Å². The summed E-state index contributed by atoms with van der Waals surface area (Å²) < 4.78 is 15.6. The maximum Gasteiger partial charge on any atom is 0.158 e. The van der Waals surface area contributed by atoms with E-state index in [-0.39, 0.29) is 5.25 Å². The van der Waals surface area contributed by atoms with Crippen LogP contribution in [0.25, 0.3) is 11.2 Å². The highest BCUT2D eigenvalue weighted by Crippen LogP contribution is 2.21. The Hall–Kier alpha value is -0.880. The second-order valence-corrected chi connectivity index (χ2v) is 6.72. The lowest BCUT2D eigenvalue weighted by molar-refractivity contribution is 0.604. The van der Waals surface area contributed by atoms with E-state index in [0.717, 1.165) is 29.2 Å². The Morgan fingerprint density at radius 3 is 2.68 bits per heavy atom. The molecule has 0 aliphatic rings. The van der Waals surface area contributed by atoms with Crippen molar-refractivity contribution in [1.82, 2.24) is 19.3 Å². The van der Waals surface area contributed by atoms with Crippen LogP contribution in [0, 0.1) is 6.92 Å². The van der Waals surface area contributed by atoms with Gasteiger partial charge in [0.1, 0.15) is 11.3 Å². The quantitative estimate of drug-likeness (QED) is 0.795. The van der Waals surface area contributed by atoms with Gasteiger partial charge in [-0.05, 0) is 20.8 Å². The van der Waals surface area contributed by atoms with Crippen LogP contribution < -0.4 is 0 Å². The van der Waals surface area contributed by atoms with Crippen molar-refractivity contribution in [2.45, 2.75) is 45.0 Å². The smallest absolute Gasteiger partial charge is 0.158 e. The van der Waals surface area contributed by atoms with E-state index in [2.05, 4.69) is 14.6 Å². The Morgan fingerprint density at radius 1 is 1.47 bits per heavy atom. The van der Waals surface area contributed by atoms with Gasteiger partial charge in [-0.15, -0.1) is 11.6 Å². The molecule has 106 valence electrons. The van der Waals surface area contributed by atoms with Crippen LogP contribution in [0.5, 0.6) is 0 Å². The summed E-state index contributed by atoms with van der Waals surface area (Å²) in [5, 5.41) is 4.53. The zero-order valence-electron chi connectivity index (χ0n) is 11.7. The second-order valence-electron chi connectivity index (χ2n) is 4.65. The van der Waals surface area contributed by atoms with Gasteiger partial charge in [0.15, 0.2) is 5.65 Å². The van der Waals surface area contributed by atoms with Gasteiger partial charge in [0.25, 0.3) is 0 Å². The van der Waals surface area contributed by atoms with Crippen LogP contribution in [-0.4, -0.2) is 35.0 Å². The SMILES string of the molecule is CCn1nc(C)c2nc(CCl)n(CC(C)S(C)=O)c21. The molecule has 0 amide bonds. The molecule has 19 heavy (non-hydrogen) atoms. The summed E-state index contributed by atoms with van der Waals surface area (Å²) in [6, 6.07) is 0. The molecular weight excluding hydrogens is 284 g/mol. The molecule has 2 atom stereocenters. The van der Waals surface area contributed by atoms with Crippen molar-refractivity contribution in [3.8, 4) is 0 Å². The fourth-order valence-corrected chi connectivity index (χ4v) is 2.71. The van der Waals surface area contributed by atoms with Crippen LogP contribution in [0.4, 0.5) is 0 Å². The summed E-state index contributed by atoms with van der Waals surface area (Å²) in [5.41, 5.74) is 2.78. The number of hydrogen-bond acceptors (Lipinski definition) is 3. The number of fused-ring (bicyclic) bond motifs is 1. The van der Waals surface area contributed by atoms with Crippen molar-refractivity contribution >= 4 is 33.6 Å². The molecule has 2 aromatic heterocycles. The third kappa shape index (κ3) is 2.56. The molecular formula is C12H19ClN4OS. The standard InChI is InChI=1S/C12H19ClN4OS/c1-5-17-12-11(9(3)15-17)14-10(6-13)16(12)7-8(2)19(4)18/h8H,5-7H2,1-4H3. The van der Waals surface area contributed by atoms with Gasteiger partial charge in [0.05, 0.1) is 11.6 Å². The van der Waals surface area contributed by atoms with Gasteiger partial charge in [0, 0.05) is 35.4 Å². The number of aromatic nitrogens is 4. The fraction of sp³-hybridized carbons (Fsp3) is 0.667. The average Bonchev–Trinajstić information content (AvgIpc) is 2.88. The van der Waals surface area contributed by atoms with Crippen molar-refractivity contribution in [1.29, 1.82) is 0 Å². The molecule has 7 heteroatoms. The van der Waals surface area contributed by atoms with Crippen LogP contribution in [0.1, 0.15) is 25.4 Å². The molecule has 0 aromatic carbocycles. The van der Waals surface area contributed by atoms with Crippen LogP contribution in [0.2, 0.25) is 0 Å². The van der Waals surface area contributed by atoms with Crippen LogP contribution in [-0.2, 0) is 29.8 Å². The molecule has 0 saturated carbocycles. The lowest BCUT2D eigenvalue weighted by Crippen LogP contribution is -2.20. The van der Waals surface area contributed by atoms with Gasteiger partial charge < -0.3 is 4.57 Å². The number of imidazole rings is 1. The highest BCUT2D eigenvalue weighted by atomic mass is 35.5. The highest BCUT2D eigenvalue weighted by molar-refractivity contribution is 7.84. The van der Waals surface area contributed by atoms with Crippen LogP contribution in [0.3, 0.4) is 0 Å². The topological polar surface area (TPSA) is 52.7 Å². The molecule has 5 nitrogen and oxygen atoms in total. The Bertz CT molecular complexity index is 619. The average molecular weight is 303 g/mol. The predicted octanol–water partition coefficient (Wildman–Crippen LogP) is 2.07. The van der Waals surface area contributed by atoms with E-state index in [1.54, 1.807) is 6.26 Å². The number of hydrogen-bond donors (Lipinski definition) is 0. The van der Waals surface area contributed by atoms with E-state index in [1.807, 2.05) is 25.5 Å². The Kier molecular flexibility index (Phi) is 4.30. The van der Waals surface area contributed by atoms with Crippen molar-refractivity contribution in [2.24, 2.45) is 0 Å². The van der Waals surface area contributed by atoms with E-state index in [1.165, 1.54) is 0 Å². The number of alkyl halides is 1. The van der Waals surface area contributed by atoms with E-state index in [9.17, 15) is 4.21 Å². The first-order valence-electron chi connectivity index (χ1n) is 6.30. The van der Waals surface area contributed by atoms with Crippen molar-refractivity contribution < 1.29 is 4.21 Å². The van der Waals surface area contributed by atoms with Gasteiger partial charge in [-0.25, -0.2) is 9.67 Å². The van der Waals surface area contributed by atoms with Gasteiger partial charge >= 0.3 is 0 Å². The summed E-state index contributed by atoms with van der Waals surface area (Å²) in [4.78, 5) is 4.56. The maximum absolute atomic E-state index is 11.6. The Morgan fingerprint density at radius 2 is 2.16 bits per heavy atom. The Balaban J connectivity index is 2.58. The molecule has 2 heterocycles. The third-order valence-electron chi connectivity index (χ3n) is 3.30. The summed E-state index contributed by atoms with van der Waals surface area (Å²) in [6.07, 6.45) is 1.72. The lowest BCUT2D eigenvalue weighted by atomic mass is 10.4. The second kappa shape index (κ2) is 5.63. The molecule has 0 fully saturated rings. The zero-order valence-corrected chi connectivity index (χ0v) is 13.3. The molecule has 0 N–H and O–H groups in total. The minimum atomic E-state index is -0.871. The van der Waals surface area contributed by atoms with E-state index in [4.69, 9.17) is 11.6 Å². The van der Waals surface area contributed by atoms with Gasteiger partial charge in [0.2, 0.25) is 0 Å². The first kappa shape index (κ1) is 14.5. The molecule has 0 spiro atoms. The van der Waals surface area contributed by atoms with Crippen molar-refractivity contribution in [3.05, 3.63) is 11.5 Å². The summed E-state index contributed by atoms with van der Waals surface area (Å²) >= 11 is 5.98. The monoisotopic (exact) mass is 302 g/mol. The molecule has 0 aliphatic carbocycles. The highest BCUT2D eigenvalue weighted by Gasteiger charge is 2.20. The minimum absolute atomic E-state index is 0.0554. The predicted molar refractivity (Wildman–Crippen MR) is 79.0 cm³/mol. The van der Waals surface area contributed by atoms with Crippen LogP contribution in [0.15, 0.2) is 0 Å². The normalized spacial score (nSPS) is 15.0. The number of rotatable bonds is 5. The third-order valence-corrected chi connectivity index (χ3v) is 4.82. The molecule has 0 radical (unpaired) electrons. The van der Waals surface area contributed by atoms with Crippen LogP contribution >= 0.6 is 11.6 Å². The van der Waals surface area contributed by atoms with E-state index >= 15 is 0 Å².